The molecule has 1 aliphatic heterocycles. The average Bonchev–Trinajstić information content (AvgIpc) is 2.93. The van der Waals surface area contributed by atoms with Crippen molar-refractivity contribution in [2.24, 2.45) is 17.8 Å². The molecule has 2 fully saturated rings. The van der Waals surface area contributed by atoms with Gasteiger partial charge in [0, 0.05) is 31.2 Å². The monoisotopic (exact) mass is 239 g/mol. The largest absolute Gasteiger partial charge is 0.371 e. The molecule has 0 spiro atoms. The Morgan fingerprint density at radius 1 is 1.11 bits per heavy atom. The highest BCUT2D eigenvalue weighted by Gasteiger charge is 2.52. The van der Waals surface area contributed by atoms with Gasteiger partial charge in [0.25, 0.3) is 0 Å². The highest BCUT2D eigenvalue weighted by atomic mass is 15.3. The number of benzene rings is 1. The van der Waals surface area contributed by atoms with Crippen molar-refractivity contribution >= 4 is 5.69 Å². The first-order valence-electron chi connectivity index (χ1n) is 6.68. The van der Waals surface area contributed by atoms with Crippen LogP contribution in [-0.2, 0) is 0 Å². The van der Waals surface area contributed by atoms with Crippen LogP contribution in [0.5, 0.6) is 0 Å². The smallest absolute Gasteiger partial charge is 0.0666 e. The van der Waals surface area contributed by atoms with Crippen LogP contribution in [0.2, 0.25) is 0 Å². The SMILES string of the molecule is CC1C2CN(c3cccc(-n4cccn4)c3)CC12. The Kier molecular flexibility index (Phi) is 2.04. The van der Waals surface area contributed by atoms with E-state index in [1.165, 1.54) is 18.8 Å². The van der Waals surface area contributed by atoms with Gasteiger partial charge in [0.2, 0.25) is 0 Å². The molecule has 0 bridgehead atoms. The van der Waals surface area contributed by atoms with Gasteiger partial charge in [-0.3, -0.25) is 0 Å². The van der Waals surface area contributed by atoms with E-state index in [4.69, 9.17) is 0 Å². The van der Waals surface area contributed by atoms with Crippen LogP contribution in [0.3, 0.4) is 0 Å². The summed E-state index contributed by atoms with van der Waals surface area (Å²) in [5, 5.41) is 4.29. The number of hydrogen-bond acceptors (Lipinski definition) is 2. The molecule has 92 valence electrons. The molecule has 2 heterocycles. The van der Waals surface area contributed by atoms with E-state index in [1.54, 1.807) is 0 Å². The van der Waals surface area contributed by atoms with E-state index in [0.717, 1.165) is 23.4 Å². The Bertz CT molecular complexity index is 549. The molecule has 1 aliphatic carbocycles. The lowest BCUT2D eigenvalue weighted by atomic mass is 10.2. The van der Waals surface area contributed by atoms with Gasteiger partial charge in [-0.15, -0.1) is 0 Å². The Morgan fingerprint density at radius 3 is 2.61 bits per heavy atom. The van der Waals surface area contributed by atoms with E-state index in [-0.39, 0.29) is 0 Å². The molecule has 2 unspecified atom stereocenters. The third kappa shape index (κ3) is 1.47. The van der Waals surface area contributed by atoms with E-state index >= 15 is 0 Å². The molecular formula is C15H17N3. The second-order valence-electron chi connectivity index (χ2n) is 5.56. The lowest BCUT2D eigenvalue weighted by Crippen LogP contribution is -2.23. The Labute approximate surface area is 107 Å². The van der Waals surface area contributed by atoms with Gasteiger partial charge in [-0.25, -0.2) is 4.68 Å². The van der Waals surface area contributed by atoms with Gasteiger partial charge in [-0.2, -0.15) is 5.10 Å². The topological polar surface area (TPSA) is 21.1 Å². The standard InChI is InChI=1S/C15H17N3/c1-11-14-9-17(10-15(11)14)12-4-2-5-13(8-12)18-7-3-6-16-18/h2-8,11,14-15H,9-10H2,1H3. The second-order valence-corrected chi connectivity index (χ2v) is 5.56. The number of piperidine rings is 1. The Hall–Kier alpha value is -1.77. The van der Waals surface area contributed by atoms with Gasteiger partial charge in [-0.05, 0) is 42.0 Å². The van der Waals surface area contributed by atoms with Crippen molar-refractivity contribution in [2.75, 3.05) is 18.0 Å². The minimum absolute atomic E-state index is 0.943. The highest BCUT2D eigenvalue weighted by molar-refractivity contribution is 5.54. The highest BCUT2D eigenvalue weighted by Crippen LogP contribution is 2.52. The van der Waals surface area contributed by atoms with Crippen LogP contribution in [0.4, 0.5) is 5.69 Å². The summed E-state index contributed by atoms with van der Waals surface area (Å²) in [5.41, 5.74) is 2.48. The van der Waals surface area contributed by atoms with Crippen LogP contribution in [0.1, 0.15) is 6.92 Å². The van der Waals surface area contributed by atoms with Crippen molar-refractivity contribution in [3.05, 3.63) is 42.7 Å². The predicted octanol–water partition coefficient (Wildman–Crippen LogP) is 2.57. The number of hydrogen-bond donors (Lipinski definition) is 0. The van der Waals surface area contributed by atoms with Gasteiger partial charge in [-0.1, -0.05) is 13.0 Å². The third-order valence-electron chi connectivity index (χ3n) is 4.59. The van der Waals surface area contributed by atoms with E-state index in [2.05, 4.69) is 41.2 Å². The summed E-state index contributed by atoms with van der Waals surface area (Å²) < 4.78 is 1.92. The average molecular weight is 239 g/mol. The van der Waals surface area contributed by atoms with Crippen molar-refractivity contribution in [1.82, 2.24) is 9.78 Å². The third-order valence-corrected chi connectivity index (χ3v) is 4.59. The molecule has 0 N–H and O–H groups in total. The summed E-state index contributed by atoms with van der Waals surface area (Å²) in [6, 6.07) is 10.6. The molecule has 1 aromatic heterocycles. The minimum Gasteiger partial charge on any atom is -0.371 e. The minimum atomic E-state index is 0.943. The van der Waals surface area contributed by atoms with Gasteiger partial charge < -0.3 is 4.90 Å². The van der Waals surface area contributed by atoms with Crippen LogP contribution in [0, 0.1) is 17.8 Å². The summed E-state index contributed by atoms with van der Waals surface area (Å²) in [6.45, 7) is 4.84. The molecule has 3 heteroatoms. The zero-order chi connectivity index (χ0) is 12.1. The summed E-state index contributed by atoms with van der Waals surface area (Å²) in [5.74, 6) is 2.84. The quantitative estimate of drug-likeness (QED) is 0.803. The number of anilines is 1. The molecule has 0 amide bonds. The van der Waals surface area contributed by atoms with E-state index in [1.807, 2.05) is 23.1 Å². The zero-order valence-corrected chi connectivity index (χ0v) is 10.5. The fourth-order valence-corrected chi connectivity index (χ4v) is 3.29. The summed E-state index contributed by atoms with van der Waals surface area (Å²) in [7, 11) is 0. The fourth-order valence-electron chi connectivity index (χ4n) is 3.29. The van der Waals surface area contributed by atoms with E-state index in [0.29, 0.717) is 0 Å². The number of rotatable bonds is 2. The maximum atomic E-state index is 4.29. The van der Waals surface area contributed by atoms with Gasteiger partial charge in [0.1, 0.15) is 0 Å². The summed E-state index contributed by atoms with van der Waals surface area (Å²) >= 11 is 0. The first-order chi connectivity index (χ1) is 8.83. The molecule has 1 saturated carbocycles. The van der Waals surface area contributed by atoms with Crippen LogP contribution in [0.15, 0.2) is 42.7 Å². The first kappa shape index (κ1) is 10.2. The number of aromatic nitrogens is 2. The second kappa shape index (κ2) is 3.61. The number of fused-ring (bicyclic) bond motifs is 1. The van der Waals surface area contributed by atoms with Crippen LogP contribution >= 0.6 is 0 Å². The van der Waals surface area contributed by atoms with Crippen molar-refractivity contribution in [2.45, 2.75) is 6.92 Å². The lowest BCUT2D eigenvalue weighted by Gasteiger charge is -2.22. The van der Waals surface area contributed by atoms with Gasteiger partial charge in [0.15, 0.2) is 0 Å². The Balaban J connectivity index is 1.61. The molecule has 2 atom stereocenters. The molecule has 0 radical (unpaired) electrons. The van der Waals surface area contributed by atoms with E-state index < -0.39 is 0 Å². The van der Waals surface area contributed by atoms with Crippen molar-refractivity contribution in [1.29, 1.82) is 0 Å². The van der Waals surface area contributed by atoms with Crippen molar-refractivity contribution < 1.29 is 0 Å². The molecule has 2 aromatic rings. The zero-order valence-electron chi connectivity index (χ0n) is 10.5. The van der Waals surface area contributed by atoms with Crippen LogP contribution in [-0.4, -0.2) is 22.9 Å². The molecule has 3 nitrogen and oxygen atoms in total. The Morgan fingerprint density at radius 2 is 1.89 bits per heavy atom. The normalized spacial score (nSPS) is 29.4. The number of nitrogens with zero attached hydrogens (tertiary/aromatic N) is 3. The van der Waals surface area contributed by atoms with Crippen LogP contribution in [0.25, 0.3) is 5.69 Å². The molecular weight excluding hydrogens is 222 g/mol. The lowest BCUT2D eigenvalue weighted by molar-refractivity contribution is 0.689. The molecule has 4 rings (SSSR count). The van der Waals surface area contributed by atoms with E-state index in [9.17, 15) is 0 Å². The van der Waals surface area contributed by atoms with Crippen LogP contribution < -0.4 is 4.90 Å². The summed E-state index contributed by atoms with van der Waals surface area (Å²) in [6.07, 6.45) is 3.81. The van der Waals surface area contributed by atoms with Gasteiger partial charge in [0.05, 0.1) is 5.69 Å². The van der Waals surface area contributed by atoms with Crippen molar-refractivity contribution in [3.8, 4) is 5.69 Å². The predicted molar refractivity (Wildman–Crippen MR) is 71.9 cm³/mol. The fraction of sp³-hybridized carbons (Fsp3) is 0.400. The molecule has 18 heavy (non-hydrogen) atoms. The first-order valence-corrected chi connectivity index (χ1v) is 6.68. The summed E-state index contributed by atoms with van der Waals surface area (Å²) in [4.78, 5) is 2.52. The molecule has 1 saturated heterocycles. The van der Waals surface area contributed by atoms with Gasteiger partial charge >= 0.3 is 0 Å². The maximum absolute atomic E-state index is 4.29. The molecule has 1 aromatic carbocycles. The maximum Gasteiger partial charge on any atom is 0.0666 e. The van der Waals surface area contributed by atoms with Crippen molar-refractivity contribution in [3.63, 3.8) is 0 Å². The molecule has 2 aliphatic rings.